The first kappa shape index (κ1) is 17.7. The SMILES string of the molecule is CCc1cccc(C)c1NC(=O)NCCc1ccc(-n2cccn2)cc1. The van der Waals surface area contributed by atoms with Gasteiger partial charge in [-0.1, -0.05) is 37.3 Å². The Bertz CT molecular complexity index is 854. The lowest BCUT2D eigenvalue weighted by Gasteiger charge is -2.13. The number of nitrogens with one attached hydrogen (secondary N) is 2. The lowest BCUT2D eigenvalue weighted by Crippen LogP contribution is -2.31. The van der Waals surface area contributed by atoms with Gasteiger partial charge in [0.2, 0.25) is 0 Å². The lowest BCUT2D eigenvalue weighted by molar-refractivity contribution is 0.252. The van der Waals surface area contributed by atoms with Crippen LogP contribution >= 0.6 is 0 Å². The summed E-state index contributed by atoms with van der Waals surface area (Å²) in [6.07, 6.45) is 5.34. The fourth-order valence-electron chi connectivity index (χ4n) is 2.92. The van der Waals surface area contributed by atoms with E-state index >= 15 is 0 Å². The van der Waals surface area contributed by atoms with E-state index in [9.17, 15) is 4.79 Å². The van der Waals surface area contributed by atoms with Crippen LogP contribution in [0.25, 0.3) is 5.69 Å². The standard InChI is InChI=1S/C21H24N4O/c1-3-18-7-4-6-16(2)20(18)24-21(26)22-14-12-17-8-10-19(11-9-17)25-15-5-13-23-25/h4-11,13,15H,3,12,14H2,1-2H3,(H2,22,24,26). The molecule has 0 spiro atoms. The zero-order valence-corrected chi connectivity index (χ0v) is 15.2. The van der Waals surface area contributed by atoms with Crippen LogP contribution in [0.4, 0.5) is 10.5 Å². The van der Waals surface area contributed by atoms with Gasteiger partial charge in [0.1, 0.15) is 0 Å². The Morgan fingerprint density at radius 3 is 2.62 bits per heavy atom. The maximum Gasteiger partial charge on any atom is 0.319 e. The van der Waals surface area contributed by atoms with E-state index in [4.69, 9.17) is 0 Å². The molecule has 0 radical (unpaired) electrons. The molecule has 1 aromatic heterocycles. The van der Waals surface area contributed by atoms with E-state index in [1.54, 1.807) is 6.20 Å². The molecule has 2 N–H and O–H groups in total. The first-order valence-corrected chi connectivity index (χ1v) is 8.89. The predicted octanol–water partition coefficient (Wildman–Crippen LogP) is 4.11. The fraction of sp³-hybridized carbons (Fsp3) is 0.238. The molecule has 0 bridgehead atoms. The number of carbonyl (C=O) groups excluding carboxylic acids is 1. The van der Waals surface area contributed by atoms with E-state index in [0.29, 0.717) is 6.54 Å². The number of nitrogens with zero attached hydrogens (tertiary/aromatic N) is 2. The molecule has 0 saturated heterocycles. The van der Waals surface area contributed by atoms with Crippen LogP contribution in [0.3, 0.4) is 0 Å². The molecule has 3 aromatic rings. The molecule has 134 valence electrons. The summed E-state index contributed by atoms with van der Waals surface area (Å²) in [6.45, 7) is 4.68. The second kappa shape index (κ2) is 8.34. The Hall–Kier alpha value is -3.08. The van der Waals surface area contributed by atoms with E-state index in [1.165, 1.54) is 5.56 Å². The van der Waals surface area contributed by atoms with Crippen molar-refractivity contribution in [3.05, 3.63) is 77.6 Å². The number of anilines is 1. The largest absolute Gasteiger partial charge is 0.338 e. The third-order valence-electron chi connectivity index (χ3n) is 4.38. The van der Waals surface area contributed by atoms with Crippen LogP contribution < -0.4 is 10.6 Å². The number of aromatic nitrogens is 2. The summed E-state index contributed by atoms with van der Waals surface area (Å²) in [4.78, 5) is 12.2. The van der Waals surface area contributed by atoms with Gasteiger partial charge < -0.3 is 10.6 Å². The van der Waals surface area contributed by atoms with Crippen molar-refractivity contribution in [3.8, 4) is 5.69 Å². The first-order chi connectivity index (χ1) is 12.7. The minimum atomic E-state index is -0.165. The Morgan fingerprint density at radius 2 is 1.92 bits per heavy atom. The number of hydrogen-bond acceptors (Lipinski definition) is 2. The number of aryl methyl sites for hydroxylation is 2. The number of urea groups is 1. The first-order valence-electron chi connectivity index (χ1n) is 8.89. The van der Waals surface area contributed by atoms with E-state index < -0.39 is 0 Å². The number of hydrogen-bond donors (Lipinski definition) is 2. The lowest BCUT2D eigenvalue weighted by atomic mass is 10.1. The highest BCUT2D eigenvalue weighted by atomic mass is 16.2. The van der Waals surface area contributed by atoms with Gasteiger partial charge in [0.25, 0.3) is 0 Å². The molecule has 0 unspecified atom stereocenters. The van der Waals surface area contributed by atoms with Gasteiger partial charge in [0.15, 0.2) is 0 Å². The van der Waals surface area contributed by atoms with Gasteiger partial charge in [-0.3, -0.25) is 0 Å². The number of rotatable bonds is 6. The summed E-state index contributed by atoms with van der Waals surface area (Å²) in [5.41, 5.74) is 5.33. The normalized spacial score (nSPS) is 10.5. The Kier molecular flexibility index (Phi) is 5.69. The molecule has 0 atom stereocenters. The number of benzene rings is 2. The van der Waals surface area contributed by atoms with Gasteiger partial charge in [-0.2, -0.15) is 5.10 Å². The van der Waals surface area contributed by atoms with Crippen molar-refractivity contribution in [2.75, 3.05) is 11.9 Å². The molecule has 0 fully saturated rings. The molecule has 5 heteroatoms. The van der Waals surface area contributed by atoms with Gasteiger partial charge >= 0.3 is 6.03 Å². The zero-order chi connectivity index (χ0) is 18.4. The minimum absolute atomic E-state index is 0.165. The molecule has 3 rings (SSSR count). The van der Waals surface area contributed by atoms with Crippen molar-refractivity contribution in [1.29, 1.82) is 0 Å². The molecule has 1 heterocycles. The predicted molar refractivity (Wildman–Crippen MR) is 105 cm³/mol. The Balaban J connectivity index is 1.51. The minimum Gasteiger partial charge on any atom is -0.338 e. The molecule has 26 heavy (non-hydrogen) atoms. The van der Waals surface area contributed by atoms with Gasteiger partial charge in [0.05, 0.1) is 5.69 Å². The second-order valence-corrected chi connectivity index (χ2v) is 6.21. The summed E-state index contributed by atoms with van der Waals surface area (Å²) < 4.78 is 1.82. The maximum atomic E-state index is 12.2. The average Bonchev–Trinajstić information content (AvgIpc) is 3.19. The third-order valence-corrected chi connectivity index (χ3v) is 4.38. The van der Waals surface area contributed by atoms with Crippen molar-refractivity contribution in [2.45, 2.75) is 26.7 Å². The van der Waals surface area contributed by atoms with Gasteiger partial charge in [-0.05, 0) is 54.7 Å². The highest BCUT2D eigenvalue weighted by Gasteiger charge is 2.08. The van der Waals surface area contributed by atoms with Crippen LogP contribution in [-0.2, 0) is 12.8 Å². The van der Waals surface area contributed by atoms with E-state index in [1.807, 2.05) is 54.2 Å². The average molecular weight is 348 g/mol. The van der Waals surface area contributed by atoms with Crippen LogP contribution in [0.1, 0.15) is 23.6 Å². The number of amides is 2. The van der Waals surface area contributed by atoms with Gasteiger partial charge in [-0.15, -0.1) is 0 Å². The maximum absolute atomic E-state index is 12.2. The van der Waals surface area contributed by atoms with Crippen molar-refractivity contribution in [3.63, 3.8) is 0 Å². The molecule has 2 aromatic carbocycles. The monoisotopic (exact) mass is 348 g/mol. The molecule has 0 saturated carbocycles. The quantitative estimate of drug-likeness (QED) is 0.704. The fourth-order valence-corrected chi connectivity index (χ4v) is 2.92. The van der Waals surface area contributed by atoms with Gasteiger partial charge in [0, 0.05) is 24.6 Å². The number of para-hydroxylation sites is 1. The molecular formula is C21H24N4O. The zero-order valence-electron chi connectivity index (χ0n) is 15.2. The van der Waals surface area contributed by atoms with Crippen LogP contribution in [0.2, 0.25) is 0 Å². The Morgan fingerprint density at radius 1 is 1.12 bits per heavy atom. The summed E-state index contributed by atoms with van der Waals surface area (Å²) in [5, 5.41) is 10.1. The van der Waals surface area contributed by atoms with Crippen LogP contribution in [0.5, 0.6) is 0 Å². The van der Waals surface area contributed by atoms with Crippen molar-refractivity contribution in [2.24, 2.45) is 0 Å². The van der Waals surface area contributed by atoms with E-state index in [0.717, 1.165) is 35.3 Å². The molecule has 5 nitrogen and oxygen atoms in total. The van der Waals surface area contributed by atoms with Crippen LogP contribution in [0.15, 0.2) is 60.9 Å². The molecular weight excluding hydrogens is 324 g/mol. The molecule has 0 aliphatic rings. The molecule has 0 aliphatic heterocycles. The van der Waals surface area contributed by atoms with E-state index in [-0.39, 0.29) is 6.03 Å². The van der Waals surface area contributed by atoms with E-state index in [2.05, 4.69) is 34.8 Å². The van der Waals surface area contributed by atoms with Crippen LogP contribution in [0, 0.1) is 6.92 Å². The molecule has 0 aliphatic carbocycles. The van der Waals surface area contributed by atoms with Gasteiger partial charge in [-0.25, -0.2) is 9.48 Å². The van der Waals surface area contributed by atoms with Crippen molar-refractivity contribution in [1.82, 2.24) is 15.1 Å². The number of carbonyl (C=O) groups is 1. The van der Waals surface area contributed by atoms with Crippen LogP contribution in [-0.4, -0.2) is 22.4 Å². The molecule has 2 amide bonds. The highest BCUT2D eigenvalue weighted by molar-refractivity contribution is 5.91. The topological polar surface area (TPSA) is 59.0 Å². The smallest absolute Gasteiger partial charge is 0.319 e. The summed E-state index contributed by atoms with van der Waals surface area (Å²) >= 11 is 0. The Labute approximate surface area is 154 Å². The third kappa shape index (κ3) is 4.30. The van der Waals surface area contributed by atoms with Crippen molar-refractivity contribution < 1.29 is 4.79 Å². The highest BCUT2D eigenvalue weighted by Crippen LogP contribution is 2.20. The second-order valence-electron chi connectivity index (χ2n) is 6.21. The summed E-state index contributed by atoms with van der Waals surface area (Å²) in [7, 11) is 0. The summed E-state index contributed by atoms with van der Waals surface area (Å²) in [6, 6.07) is 16.0. The summed E-state index contributed by atoms with van der Waals surface area (Å²) in [5.74, 6) is 0. The van der Waals surface area contributed by atoms with Crippen molar-refractivity contribution >= 4 is 11.7 Å².